The molecule has 5 nitrogen and oxygen atoms in total. The average Bonchev–Trinajstić information content (AvgIpc) is 2.81. The number of hydrogen-bond donors (Lipinski definition) is 1. The second-order valence-corrected chi connectivity index (χ2v) is 5.41. The maximum atomic E-state index is 11.8. The van der Waals surface area contributed by atoms with Crippen molar-refractivity contribution < 1.29 is 19.1 Å². The number of imide groups is 1. The van der Waals surface area contributed by atoms with Gasteiger partial charge in [-0.2, -0.15) is 0 Å². The molecular weight excluding hydrogens is 294 g/mol. The molecule has 0 radical (unpaired) electrons. The van der Waals surface area contributed by atoms with Crippen molar-refractivity contribution in [3.8, 4) is 0 Å². The van der Waals surface area contributed by atoms with Crippen LogP contribution in [-0.2, 0) is 32.1 Å². The van der Waals surface area contributed by atoms with Gasteiger partial charge in [0, 0.05) is 11.6 Å². The molecule has 0 saturated carbocycles. The number of nitrogens with one attached hydrogen (secondary N) is 1. The van der Waals surface area contributed by atoms with Gasteiger partial charge in [-0.05, 0) is 36.5 Å². The Morgan fingerprint density at radius 1 is 1.35 bits per heavy atom. The normalized spacial score (nSPS) is 13.5. The van der Waals surface area contributed by atoms with Gasteiger partial charge in [-0.1, -0.05) is 24.3 Å². The molecule has 5 heteroatoms. The van der Waals surface area contributed by atoms with Gasteiger partial charge in [0.1, 0.15) is 6.61 Å². The number of benzene rings is 1. The fourth-order valence-corrected chi connectivity index (χ4v) is 2.29. The zero-order chi connectivity index (χ0) is 16.8. The summed E-state index contributed by atoms with van der Waals surface area (Å²) in [5.41, 5.74) is 3.31. The van der Waals surface area contributed by atoms with E-state index in [2.05, 4.69) is 18.0 Å². The van der Waals surface area contributed by atoms with E-state index in [-0.39, 0.29) is 18.6 Å². The Hall–Kier alpha value is -2.69. The molecule has 23 heavy (non-hydrogen) atoms. The van der Waals surface area contributed by atoms with Crippen LogP contribution in [0.4, 0.5) is 0 Å². The van der Waals surface area contributed by atoms with Crippen LogP contribution in [-0.4, -0.2) is 17.8 Å². The standard InChI is InChI=1S/C18H19NO4/c1-3-4-5-13-6-7-14(12(2)8-13)11-23-17(21)10-15-9-16(20)19-18(15)22/h3,6-9H,1,4-5,10-11H2,2H3,(H,19,20,22). The second-order valence-electron chi connectivity index (χ2n) is 5.41. The van der Waals surface area contributed by atoms with E-state index in [1.54, 1.807) is 0 Å². The lowest BCUT2D eigenvalue weighted by molar-refractivity contribution is -0.144. The number of ether oxygens (including phenoxy) is 1. The van der Waals surface area contributed by atoms with E-state index < -0.39 is 17.8 Å². The molecule has 120 valence electrons. The number of carbonyl (C=O) groups is 3. The van der Waals surface area contributed by atoms with Crippen molar-refractivity contribution in [2.75, 3.05) is 0 Å². The maximum Gasteiger partial charge on any atom is 0.310 e. The largest absolute Gasteiger partial charge is 0.461 e. The van der Waals surface area contributed by atoms with E-state index in [1.165, 1.54) is 5.56 Å². The number of aryl methyl sites for hydroxylation is 2. The van der Waals surface area contributed by atoms with Crippen LogP contribution in [0.5, 0.6) is 0 Å². The Bertz CT molecular complexity index is 688. The number of rotatable bonds is 7. The highest BCUT2D eigenvalue weighted by Crippen LogP contribution is 2.15. The Morgan fingerprint density at radius 3 is 2.74 bits per heavy atom. The molecule has 0 unspecified atom stereocenters. The second kappa shape index (κ2) is 7.54. The summed E-state index contributed by atoms with van der Waals surface area (Å²) in [7, 11) is 0. The van der Waals surface area contributed by atoms with Crippen molar-refractivity contribution in [2.24, 2.45) is 0 Å². The van der Waals surface area contributed by atoms with Crippen LogP contribution in [0.1, 0.15) is 29.5 Å². The quantitative estimate of drug-likeness (QED) is 0.475. The number of amides is 2. The van der Waals surface area contributed by atoms with Crippen molar-refractivity contribution in [1.29, 1.82) is 0 Å². The average molecular weight is 313 g/mol. The summed E-state index contributed by atoms with van der Waals surface area (Å²) in [6.07, 6.45) is 4.66. The molecule has 1 aromatic carbocycles. The summed E-state index contributed by atoms with van der Waals surface area (Å²) in [5.74, 6) is -1.56. The molecule has 0 atom stereocenters. The van der Waals surface area contributed by atoms with Crippen LogP contribution in [0.15, 0.2) is 42.5 Å². The van der Waals surface area contributed by atoms with Crippen molar-refractivity contribution in [3.63, 3.8) is 0 Å². The maximum absolute atomic E-state index is 11.8. The summed E-state index contributed by atoms with van der Waals surface area (Å²) in [5, 5.41) is 2.09. The van der Waals surface area contributed by atoms with Gasteiger partial charge in [0.25, 0.3) is 11.8 Å². The molecule has 0 bridgehead atoms. The van der Waals surface area contributed by atoms with E-state index in [0.29, 0.717) is 0 Å². The van der Waals surface area contributed by atoms with Gasteiger partial charge >= 0.3 is 5.97 Å². The van der Waals surface area contributed by atoms with Gasteiger partial charge in [-0.3, -0.25) is 19.7 Å². The number of allylic oxidation sites excluding steroid dienone is 1. The zero-order valence-corrected chi connectivity index (χ0v) is 13.1. The highest BCUT2D eigenvalue weighted by molar-refractivity contribution is 6.17. The van der Waals surface area contributed by atoms with Crippen LogP contribution in [0, 0.1) is 6.92 Å². The third-order valence-corrected chi connectivity index (χ3v) is 3.60. The Morgan fingerprint density at radius 2 is 2.13 bits per heavy atom. The molecule has 0 aromatic heterocycles. The van der Waals surface area contributed by atoms with Crippen LogP contribution in [0.3, 0.4) is 0 Å². The van der Waals surface area contributed by atoms with Crippen molar-refractivity contribution in [1.82, 2.24) is 5.32 Å². The van der Waals surface area contributed by atoms with E-state index in [1.807, 2.05) is 25.1 Å². The third-order valence-electron chi connectivity index (χ3n) is 3.60. The van der Waals surface area contributed by atoms with Gasteiger partial charge in [-0.25, -0.2) is 0 Å². The molecule has 2 amide bonds. The van der Waals surface area contributed by atoms with Crippen molar-refractivity contribution in [2.45, 2.75) is 32.8 Å². The van der Waals surface area contributed by atoms with Crippen molar-refractivity contribution in [3.05, 3.63) is 59.2 Å². The third kappa shape index (κ3) is 4.64. The van der Waals surface area contributed by atoms with E-state index in [0.717, 1.165) is 30.0 Å². The molecule has 2 rings (SSSR count). The summed E-state index contributed by atoms with van der Waals surface area (Å²) >= 11 is 0. The summed E-state index contributed by atoms with van der Waals surface area (Å²) < 4.78 is 5.19. The molecule has 0 aliphatic carbocycles. The molecule has 1 aliphatic rings. The number of hydrogen-bond acceptors (Lipinski definition) is 4. The first-order valence-corrected chi connectivity index (χ1v) is 7.40. The lowest BCUT2D eigenvalue weighted by Gasteiger charge is -2.09. The monoisotopic (exact) mass is 313 g/mol. The molecule has 1 aliphatic heterocycles. The first-order chi connectivity index (χ1) is 11.0. The molecule has 1 heterocycles. The van der Waals surface area contributed by atoms with Crippen LogP contribution >= 0.6 is 0 Å². The highest BCUT2D eigenvalue weighted by atomic mass is 16.5. The van der Waals surface area contributed by atoms with E-state index in [4.69, 9.17) is 4.74 Å². The van der Waals surface area contributed by atoms with Crippen molar-refractivity contribution >= 4 is 17.8 Å². The van der Waals surface area contributed by atoms with Crippen LogP contribution < -0.4 is 5.32 Å². The molecule has 0 fully saturated rings. The first-order valence-electron chi connectivity index (χ1n) is 7.40. The predicted molar refractivity (Wildman–Crippen MR) is 85.3 cm³/mol. The molecular formula is C18H19NO4. The van der Waals surface area contributed by atoms with E-state index >= 15 is 0 Å². The van der Waals surface area contributed by atoms with Gasteiger partial charge in [0.15, 0.2) is 0 Å². The molecule has 1 N–H and O–H groups in total. The molecule has 0 spiro atoms. The summed E-state index contributed by atoms with van der Waals surface area (Å²) in [6, 6.07) is 6.01. The topological polar surface area (TPSA) is 72.5 Å². The minimum atomic E-state index is -0.533. The van der Waals surface area contributed by atoms with E-state index in [9.17, 15) is 14.4 Å². The lowest BCUT2D eigenvalue weighted by Crippen LogP contribution is -2.23. The molecule has 1 aromatic rings. The minimum Gasteiger partial charge on any atom is -0.461 e. The Kier molecular flexibility index (Phi) is 5.46. The fourth-order valence-electron chi connectivity index (χ4n) is 2.29. The summed E-state index contributed by atoms with van der Waals surface area (Å²) in [6.45, 7) is 5.82. The SMILES string of the molecule is C=CCCc1ccc(COC(=O)CC2=CC(=O)NC2=O)c(C)c1. The van der Waals surface area contributed by atoms with Gasteiger partial charge in [0.05, 0.1) is 6.42 Å². The molecule has 0 saturated heterocycles. The van der Waals surface area contributed by atoms with Gasteiger partial charge < -0.3 is 4.74 Å². The first kappa shape index (κ1) is 16.7. The number of carbonyl (C=O) groups excluding carboxylic acids is 3. The summed E-state index contributed by atoms with van der Waals surface area (Å²) in [4.78, 5) is 34.1. The van der Waals surface area contributed by atoms with Crippen LogP contribution in [0.2, 0.25) is 0 Å². The van der Waals surface area contributed by atoms with Gasteiger partial charge in [-0.15, -0.1) is 6.58 Å². The minimum absolute atomic E-state index is 0.136. The predicted octanol–water partition coefficient (Wildman–Crippen LogP) is 2.13. The Balaban J connectivity index is 1.89. The highest BCUT2D eigenvalue weighted by Gasteiger charge is 2.23. The smallest absolute Gasteiger partial charge is 0.310 e. The van der Waals surface area contributed by atoms with Gasteiger partial charge in [0.2, 0.25) is 0 Å². The number of esters is 1. The van der Waals surface area contributed by atoms with Crippen LogP contribution in [0.25, 0.3) is 0 Å². The fraction of sp³-hybridized carbons (Fsp3) is 0.278. The Labute approximate surface area is 135 Å². The lowest BCUT2D eigenvalue weighted by atomic mass is 10.0. The zero-order valence-electron chi connectivity index (χ0n) is 13.1.